The van der Waals surface area contributed by atoms with Gasteiger partial charge in [0.25, 0.3) is 0 Å². The van der Waals surface area contributed by atoms with Gasteiger partial charge < -0.3 is 18.9 Å². The van der Waals surface area contributed by atoms with Gasteiger partial charge in [0.1, 0.15) is 0 Å². The standard InChI is InChI=1S/C20H24FNO5/c1-5-20(19(23)26-4,27-13-14-9-7-6-8-10-14)15-11-12-22-17(21)16(15)18(24-2)25-3/h6-12,18H,5,13H2,1-4H3. The van der Waals surface area contributed by atoms with E-state index in [0.717, 1.165) is 5.56 Å². The molecule has 1 heterocycles. The summed E-state index contributed by atoms with van der Waals surface area (Å²) in [4.78, 5) is 16.5. The highest BCUT2D eigenvalue weighted by atomic mass is 19.1. The van der Waals surface area contributed by atoms with Crippen LogP contribution in [0.25, 0.3) is 0 Å². The van der Waals surface area contributed by atoms with Gasteiger partial charge in [-0.15, -0.1) is 0 Å². The molecular weight excluding hydrogens is 353 g/mol. The van der Waals surface area contributed by atoms with Crippen LogP contribution < -0.4 is 0 Å². The lowest BCUT2D eigenvalue weighted by Gasteiger charge is -2.33. The topological polar surface area (TPSA) is 66.9 Å². The molecule has 146 valence electrons. The zero-order valence-electron chi connectivity index (χ0n) is 15.9. The Morgan fingerprint density at radius 3 is 2.37 bits per heavy atom. The number of benzene rings is 1. The van der Waals surface area contributed by atoms with E-state index in [1.165, 1.54) is 33.6 Å². The molecule has 1 aromatic carbocycles. The SMILES string of the molecule is CCC(OCc1ccccc1)(C(=O)OC)c1ccnc(F)c1C(OC)OC. The number of aromatic nitrogens is 1. The van der Waals surface area contributed by atoms with Crippen molar-refractivity contribution in [3.63, 3.8) is 0 Å². The molecule has 0 radical (unpaired) electrons. The van der Waals surface area contributed by atoms with Gasteiger partial charge in [-0.1, -0.05) is 37.3 Å². The molecule has 2 rings (SSSR count). The van der Waals surface area contributed by atoms with Crippen molar-refractivity contribution >= 4 is 5.97 Å². The number of hydrogen-bond donors (Lipinski definition) is 0. The maximum absolute atomic E-state index is 14.6. The molecule has 1 atom stereocenters. The van der Waals surface area contributed by atoms with Crippen LogP contribution in [0.5, 0.6) is 0 Å². The maximum Gasteiger partial charge on any atom is 0.342 e. The van der Waals surface area contributed by atoms with Crippen LogP contribution in [0.15, 0.2) is 42.6 Å². The van der Waals surface area contributed by atoms with Gasteiger partial charge in [0.05, 0.1) is 19.3 Å². The fourth-order valence-electron chi connectivity index (χ4n) is 2.99. The highest BCUT2D eigenvalue weighted by Crippen LogP contribution is 2.38. The van der Waals surface area contributed by atoms with Crippen molar-refractivity contribution in [2.24, 2.45) is 0 Å². The van der Waals surface area contributed by atoms with Crippen molar-refractivity contribution in [1.82, 2.24) is 4.98 Å². The molecule has 1 unspecified atom stereocenters. The molecule has 0 aliphatic carbocycles. The second kappa shape index (κ2) is 9.55. The van der Waals surface area contributed by atoms with E-state index in [1.807, 2.05) is 30.3 Å². The third-order valence-electron chi connectivity index (χ3n) is 4.38. The molecule has 7 heteroatoms. The number of carbonyl (C=O) groups excluding carboxylic acids is 1. The van der Waals surface area contributed by atoms with Crippen LogP contribution in [0.2, 0.25) is 0 Å². The van der Waals surface area contributed by atoms with E-state index >= 15 is 0 Å². The zero-order valence-corrected chi connectivity index (χ0v) is 15.9. The Bertz CT molecular complexity index is 751. The molecule has 0 bridgehead atoms. The van der Waals surface area contributed by atoms with Crippen molar-refractivity contribution in [3.05, 3.63) is 65.2 Å². The van der Waals surface area contributed by atoms with Crippen LogP contribution in [0.1, 0.15) is 36.3 Å². The third-order valence-corrected chi connectivity index (χ3v) is 4.38. The lowest BCUT2D eigenvalue weighted by atomic mass is 9.87. The molecule has 0 saturated heterocycles. The van der Waals surface area contributed by atoms with Crippen LogP contribution >= 0.6 is 0 Å². The lowest BCUT2D eigenvalue weighted by Crippen LogP contribution is -2.41. The summed E-state index contributed by atoms with van der Waals surface area (Å²) in [5.41, 5.74) is -0.416. The molecule has 0 fully saturated rings. The third kappa shape index (κ3) is 4.32. The van der Waals surface area contributed by atoms with Crippen LogP contribution in [0.4, 0.5) is 4.39 Å². The molecule has 0 aliphatic heterocycles. The molecule has 0 amide bonds. The summed E-state index contributed by atoms with van der Waals surface area (Å²) in [5.74, 6) is -1.44. The van der Waals surface area contributed by atoms with Crippen LogP contribution in [-0.2, 0) is 35.9 Å². The van der Waals surface area contributed by atoms with E-state index in [1.54, 1.807) is 6.92 Å². The Labute approximate surface area is 158 Å². The van der Waals surface area contributed by atoms with Crippen molar-refractivity contribution < 1.29 is 28.1 Å². The van der Waals surface area contributed by atoms with Gasteiger partial charge in [0.15, 0.2) is 11.9 Å². The summed E-state index contributed by atoms with van der Waals surface area (Å²) in [5, 5.41) is 0. The minimum Gasteiger partial charge on any atom is -0.467 e. The van der Waals surface area contributed by atoms with Gasteiger partial charge in [0, 0.05) is 26.0 Å². The second-order valence-corrected chi connectivity index (χ2v) is 5.81. The van der Waals surface area contributed by atoms with Crippen molar-refractivity contribution in [2.45, 2.75) is 31.8 Å². The molecule has 0 N–H and O–H groups in total. The number of carbonyl (C=O) groups is 1. The van der Waals surface area contributed by atoms with Gasteiger partial charge in [-0.3, -0.25) is 0 Å². The van der Waals surface area contributed by atoms with Gasteiger partial charge in [0.2, 0.25) is 5.95 Å². The number of ether oxygens (including phenoxy) is 4. The summed E-state index contributed by atoms with van der Waals surface area (Å²) in [7, 11) is 4.02. The molecule has 2 aromatic rings. The highest BCUT2D eigenvalue weighted by molar-refractivity contribution is 5.82. The van der Waals surface area contributed by atoms with Crippen molar-refractivity contribution in [3.8, 4) is 0 Å². The number of halogens is 1. The normalized spacial score (nSPS) is 13.4. The van der Waals surface area contributed by atoms with Crippen molar-refractivity contribution in [2.75, 3.05) is 21.3 Å². The first-order chi connectivity index (χ1) is 13.0. The predicted molar refractivity (Wildman–Crippen MR) is 96.2 cm³/mol. The fourth-order valence-corrected chi connectivity index (χ4v) is 2.99. The average Bonchev–Trinajstić information content (AvgIpc) is 2.71. The van der Waals surface area contributed by atoms with Gasteiger partial charge in [-0.05, 0) is 18.1 Å². The second-order valence-electron chi connectivity index (χ2n) is 5.81. The summed E-state index contributed by atoms with van der Waals surface area (Å²) in [6.45, 7) is 1.90. The minimum absolute atomic E-state index is 0.00260. The van der Waals surface area contributed by atoms with Gasteiger partial charge in [-0.25, -0.2) is 9.78 Å². The maximum atomic E-state index is 14.6. The Balaban J connectivity index is 2.57. The number of rotatable bonds is 9. The Morgan fingerprint density at radius 1 is 1.15 bits per heavy atom. The molecule has 27 heavy (non-hydrogen) atoms. The Morgan fingerprint density at radius 2 is 1.81 bits per heavy atom. The Kier molecular flexibility index (Phi) is 7.41. The summed E-state index contributed by atoms with van der Waals surface area (Å²) in [6, 6.07) is 10.9. The first-order valence-corrected chi connectivity index (χ1v) is 8.50. The highest BCUT2D eigenvalue weighted by Gasteiger charge is 2.45. The van der Waals surface area contributed by atoms with Gasteiger partial charge >= 0.3 is 5.97 Å². The number of hydrogen-bond acceptors (Lipinski definition) is 6. The fraction of sp³-hybridized carbons (Fsp3) is 0.400. The monoisotopic (exact) mass is 377 g/mol. The number of esters is 1. The van der Waals surface area contributed by atoms with E-state index in [2.05, 4.69) is 4.98 Å². The number of nitrogens with zero attached hydrogens (tertiary/aromatic N) is 1. The van der Waals surface area contributed by atoms with E-state index in [-0.39, 0.29) is 24.2 Å². The van der Waals surface area contributed by atoms with E-state index in [0.29, 0.717) is 0 Å². The van der Waals surface area contributed by atoms with Gasteiger partial charge in [-0.2, -0.15) is 4.39 Å². The lowest BCUT2D eigenvalue weighted by molar-refractivity contribution is -0.175. The first-order valence-electron chi connectivity index (χ1n) is 8.50. The van der Waals surface area contributed by atoms with E-state index < -0.39 is 23.8 Å². The average molecular weight is 377 g/mol. The molecule has 1 aromatic heterocycles. The summed E-state index contributed by atoms with van der Waals surface area (Å²) < 4.78 is 36.1. The molecule has 0 aliphatic rings. The zero-order chi connectivity index (χ0) is 19.9. The number of methoxy groups -OCH3 is 3. The molecule has 0 spiro atoms. The van der Waals surface area contributed by atoms with Crippen LogP contribution in [0, 0.1) is 5.95 Å². The summed E-state index contributed by atoms with van der Waals surface area (Å²) >= 11 is 0. The van der Waals surface area contributed by atoms with E-state index in [9.17, 15) is 9.18 Å². The predicted octanol–water partition coefficient (Wildman–Crippen LogP) is 3.51. The smallest absolute Gasteiger partial charge is 0.342 e. The van der Waals surface area contributed by atoms with Crippen LogP contribution in [0.3, 0.4) is 0 Å². The minimum atomic E-state index is -1.54. The number of pyridine rings is 1. The quantitative estimate of drug-likeness (QED) is 0.378. The summed E-state index contributed by atoms with van der Waals surface area (Å²) in [6.07, 6.45) is 0.434. The largest absolute Gasteiger partial charge is 0.467 e. The molecule has 0 saturated carbocycles. The Hall–Kier alpha value is -2.35. The first kappa shape index (κ1) is 21.0. The van der Waals surface area contributed by atoms with Crippen LogP contribution in [-0.4, -0.2) is 32.3 Å². The molecular formula is C20H24FNO5. The van der Waals surface area contributed by atoms with E-state index in [4.69, 9.17) is 18.9 Å². The van der Waals surface area contributed by atoms with Crippen molar-refractivity contribution in [1.29, 1.82) is 0 Å². The molecule has 6 nitrogen and oxygen atoms in total.